The average molecular weight is 433 g/mol. The van der Waals surface area contributed by atoms with E-state index in [2.05, 4.69) is 22.1 Å². The van der Waals surface area contributed by atoms with Crippen LogP contribution in [-0.4, -0.2) is 24.7 Å². The van der Waals surface area contributed by atoms with Gasteiger partial charge in [-0.15, -0.1) is 0 Å². The summed E-state index contributed by atoms with van der Waals surface area (Å²) in [4.78, 5) is 19.7. The molecule has 0 fully saturated rings. The molecule has 7 heteroatoms. The topological polar surface area (TPSA) is 86.7 Å². The molecule has 0 aliphatic carbocycles. The zero-order valence-electron chi connectivity index (χ0n) is 17.6. The summed E-state index contributed by atoms with van der Waals surface area (Å²) in [6.07, 6.45) is 9.38. The van der Waals surface area contributed by atoms with Crippen molar-refractivity contribution in [3.63, 3.8) is 0 Å². The first kappa shape index (κ1) is 20.3. The second-order valence-electron chi connectivity index (χ2n) is 7.53. The van der Waals surface area contributed by atoms with Gasteiger partial charge in [-0.2, -0.15) is 5.10 Å². The van der Waals surface area contributed by atoms with E-state index < -0.39 is 0 Å². The van der Waals surface area contributed by atoms with Gasteiger partial charge in [0.15, 0.2) is 0 Å². The predicted octanol–water partition coefficient (Wildman–Crippen LogP) is 5.62. The van der Waals surface area contributed by atoms with Gasteiger partial charge in [0.2, 0.25) is 0 Å². The van der Waals surface area contributed by atoms with Crippen molar-refractivity contribution in [1.82, 2.24) is 19.7 Å². The summed E-state index contributed by atoms with van der Waals surface area (Å²) in [5.74, 6) is 0. The highest BCUT2D eigenvalue weighted by molar-refractivity contribution is 5.89. The van der Waals surface area contributed by atoms with Gasteiger partial charge in [-0.1, -0.05) is 36.4 Å². The molecule has 0 spiro atoms. The van der Waals surface area contributed by atoms with Gasteiger partial charge in [0.05, 0.1) is 28.1 Å². The van der Waals surface area contributed by atoms with Gasteiger partial charge in [0, 0.05) is 35.8 Å². The van der Waals surface area contributed by atoms with E-state index in [1.165, 1.54) is 6.07 Å². The van der Waals surface area contributed by atoms with E-state index in [1.807, 2.05) is 53.4 Å². The molecule has 0 aliphatic heterocycles. The zero-order chi connectivity index (χ0) is 22.6. The van der Waals surface area contributed by atoms with Gasteiger partial charge >= 0.3 is 0 Å². The Kier molecular flexibility index (Phi) is 5.43. The monoisotopic (exact) mass is 433 g/mol. The van der Waals surface area contributed by atoms with E-state index in [0.29, 0.717) is 23.1 Å². The van der Waals surface area contributed by atoms with Crippen LogP contribution in [0.3, 0.4) is 0 Å². The van der Waals surface area contributed by atoms with Crippen molar-refractivity contribution in [3.8, 4) is 11.3 Å². The molecule has 5 rings (SSSR count). The van der Waals surface area contributed by atoms with Gasteiger partial charge < -0.3 is 0 Å². The Hall–Kier alpha value is -4.65. The molecule has 0 N–H and O–H groups in total. The smallest absolute Gasteiger partial charge is 0.267 e. The number of fused-ring (bicyclic) bond motifs is 1. The lowest BCUT2D eigenvalue weighted by Crippen LogP contribution is -2.00. The van der Waals surface area contributed by atoms with Crippen LogP contribution in [0.5, 0.6) is 0 Å². The highest BCUT2D eigenvalue weighted by Gasteiger charge is 2.12. The van der Waals surface area contributed by atoms with Crippen molar-refractivity contribution in [3.05, 3.63) is 118 Å². The molecule has 33 heavy (non-hydrogen) atoms. The zero-order valence-corrected chi connectivity index (χ0v) is 17.6. The van der Waals surface area contributed by atoms with Gasteiger partial charge in [0.1, 0.15) is 5.69 Å². The number of non-ortho nitro benzene ring substituents is 1. The third-order valence-corrected chi connectivity index (χ3v) is 5.27. The molecule has 160 valence electrons. The van der Waals surface area contributed by atoms with E-state index in [1.54, 1.807) is 36.7 Å². The molecule has 0 saturated heterocycles. The molecule has 3 aromatic heterocycles. The molecular weight excluding hydrogens is 414 g/mol. The number of nitrogens with zero attached hydrogens (tertiary/aromatic N) is 5. The number of rotatable bonds is 6. The van der Waals surface area contributed by atoms with Gasteiger partial charge in [0.25, 0.3) is 5.69 Å². The van der Waals surface area contributed by atoms with E-state index in [0.717, 1.165) is 22.4 Å². The summed E-state index contributed by atoms with van der Waals surface area (Å²) in [7, 11) is 0. The largest absolute Gasteiger partial charge is 0.278 e. The highest BCUT2D eigenvalue weighted by Crippen LogP contribution is 2.26. The summed E-state index contributed by atoms with van der Waals surface area (Å²) in [6.45, 7) is 0.653. The number of benzene rings is 2. The van der Waals surface area contributed by atoms with Crippen molar-refractivity contribution in [2.24, 2.45) is 0 Å². The SMILES string of the molecule is O=[N+]([O-])c1cccc2nc(/C=C/c3cn(Cc4ccccc4)nc3-c3cccnc3)ccc12. The van der Waals surface area contributed by atoms with Crippen LogP contribution in [0, 0.1) is 10.1 Å². The van der Waals surface area contributed by atoms with E-state index in [9.17, 15) is 10.1 Å². The van der Waals surface area contributed by atoms with Crippen LogP contribution in [-0.2, 0) is 6.54 Å². The molecule has 0 unspecified atom stereocenters. The second-order valence-corrected chi connectivity index (χ2v) is 7.53. The molecule has 0 radical (unpaired) electrons. The third-order valence-electron chi connectivity index (χ3n) is 5.27. The first-order chi connectivity index (χ1) is 16.2. The van der Waals surface area contributed by atoms with Gasteiger partial charge in [-0.25, -0.2) is 4.98 Å². The lowest BCUT2D eigenvalue weighted by molar-refractivity contribution is -0.383. The fourth-order valence-electron chi connectivity index (χ4n) is 3.72. The van der Waals surface area contributed by atoms with Crippen LogP contribution in [0.25, 0.3) is 34.3 Å². The number of pyridine rings is 2. The van der Waals surface area contributed by atoms with Crippen molar-refractivity contribution < 1.29 is 4.92 Å². The molecule has 0 saturated carbocycles. The van der Waals surface area contributed by atoms with Crippen LogP contribution in [0.4, 0.5) is 5.69 Å². The van der Waals surface area contributed by atoms with E-state index in [4.69, 9.17) is 5.10 Å². The van der Waals surface area contributed by atoms with Crippen molar-refractivity contribution >= 4 is 28.7 Å². The molecule has 7 nitrogen and oxygen atoms in total. The van der Waals surface area contributed by atoms with Crippen LogP contribution in [0.2, 0.25) is 0 Å². The molecule has 0 bridgehead atoms. The maximum absolute atomic E-state index is 11.3. The number of aromatic nitrogens is 4. The summed E-state index contributed by atoms with van der Waals surface area (Å²) in [5, 5.41) is 16.6. The summed E-state index contributed by atoms with van der Waals surface area (Å²) >= 11 is 0. The van der Waals surface area contributed by atoms with E-state index in [-0.39, 0.29) is 10.6 Å². The first-order valence-electron chi connectivity index (χ1n) is 10.4. The minimum absolute atomic E-state index is 0.0524. The Labute approximate surface area is 189 Å². The average Bonchev–Trinajstić information content (AvgIpc) is 3.25. The standard InChI is InChI=1S/C26H19N5O2/c32-31(33)25-10-4-9-24-23(25)14-13-22(28-24)12-11-21-18-30(17-19-6-2-1-3-7-19)29-26(21)20-8-5-15-27-16-20/h1-16,18H,17H2/b12-11+. The quantitative estimate of drug-likeness (QED) is 0.256. The Morgan fingerprint density at radius 3 is 2.61 bits per heavy atom. The lowest BCUT2D eigenvalue weighted by atomic mass is 10.1. The molecule has 0 amide bonds. The van der Waals surface area contributed by atoms with Crippen LogP contribution in [0.15, 0.2) is 91.4 Å². The number of nitro benzene ring substituents is 1. The summed E-state index contributed by atoms with van der Waals surface area (Å²) in [6, 6.07) is 22.4. The van der Waals surface area contributed by atoms with Crippen LogP contribution >= 0.6 is 0 Å². The predicted molar refractivity (Wildman–Crippen MR) is 128 cm³/mol. The number of hydrogen-bond donors (Lipinski definition) is 0. The van der Waals surface area contributed by atoms with Crippen LogP contribution in [0.1, 0.15) is 16.8 Å². The maximum atomic E-state index is 11.3. The van der Waals surface area contributed by atoms with Crippen molar-refractivity contribution in [2.45, 2.75) is 6.54 Å². The Bertz CT molecular complexity index is 1460. The Morgan fingerprint density at radius 1 is 0.939 bits per heavy atom. The fourth-order valence-corrected chi connectivity index (χ4v) is 3.72. The lowest BCUT2D eigenvalue weighted by Gasteiger charge is -2.01. The normalized spacial score (nSPS) is 11.3. The molecule has 5 aromatic rings. The third kappa shape index (κ3) is 4.38. The molecular formula is C26H19N5O2. The number of hydrogen-bond acceptors (Lipinski definition) is 5. The minimum atomic E-state index is -0.388. The van der Waals surface area contributed by atoms with Crippen molar-refractivity contribution in [2.75, 3.05) is 0 Å². The summed E-state index contributed by atoms with van der Waals surface area (Å²) in [5.41, 5.74) is 5.18. The van der Waals surface area contributed by atoms with Crippen molar-refractivity contribution in [1.29, 1.82) is 0 Å². The molecule has 2 aromatic carbocycles. The van der Waals surface area contributed by atoms with E-state index >= 15 is 0 Å². The maximum Gasteiger partial charge on any atom is 0.278 e. The Morgan fingerprint density at radius 2 is 1.82 bits per heavy atom. The second kappa shape index (κ2) is 8.84. The fraction of sp³-hybridized carbons (Fsp3) is 0.0385. The molecule has 0 atom stereocenters. The van der Waals surface area contributed by atoms with Gasteiger partial charge in [-0.05, 0) is 48.0 Å². The molecule has 3 heterocycles. The Balaban J connectivity index is 1.51. The van der Waals surface area contributed by atoms with Gasteiger partial charge in [-0.3, -0.25) is 19.8 Å². The summed E-state index contributed by atoms with van der Waals surface area (Å²) < 4.78 is 1.91. The highest BCUT2D eigenvalue weighted by atomic mass is 16.6. The minimum Gasteiger partial charge on any atom is -0.267 e. The molecule has 0 aliphatic rings. The van der Waals surface area contributed by atoms with Crippen LogP contribution < -0.4 is 0 Å². The first-order valence-corrected chi connectivity index (χ1v) is 10.4. The number of nitro groups is 1.